The van der Waals surface area contributed by atoms with Gasteiger partial charge in [-0.3, -0.25) is 14.9 Å². The van der Waals surface area contributed by atoms with Crippen LogP contribution in [0.4, 0.5) is 11.4 Å². The Morgan fingerprint density at radius 1 is 1.12 bits per heavy atom. The number of aliphatic imine (C=N–C) groups is 1. The first-order valence-corrected chi connectivity index (χ1v) is 10.4. The van der Waals surface area contributed by atoms with Crippen molar-refractivity contribution in [2.75, 3.05) is 11.9 Å². The highest BCUT2D eigenvalue weighted by Crippen LogP contribution is 2.19. The van der Waals surface area contributed by atoms with Gasteiger partial charge in [0, 0.05) is 17.3 Å². The number of anilines is 1. The number of para-hydroxylation sites is 1. The molecule has 0 fully saturated rings. The molecule has 0 unspecified atom stereocenters. The molecule has 0 bridgehead atoms. The van der Waals surface area contributed by atoms with Crippen LogP contribution in [0.3, 0.4) is 0 Å². The summed E-state index contributed by atoms with van der Waals surface area (Å²) in [5.74, 6) is 0.865. The topological polar surface area (TPSA) is 118 Å². The number of nitrogens with one attached hydrogen (secondary N) is 3. The van der Waals surface area contributed by atoms with Gasteiger partial charge in [-0.1, -0.05) is 18.2 Å². The zero-order valence-electron chi connectivity index (χ0n) is 19.1. The molecule has 0 aliphatic heterocycles. The third kappa shape index (κ3) is 8.63. The molecule has 9 heteroatoms. The molecule has 0 radical (unpaired) electrons. The zero-order valence-corrected chi connectivity index (χ0v) is 19.1. The first kappa shape index (κ1) is 24.6. The van der Waals surface area contributed by atoms with Gasteiger partial charge in [0.15, 0.2) is 5.96 Å². The van der Waals surface area contributed by atoms with Crippen molar-refractivity contribution in [1.82, 2.24) is 10.6 Å². The zero-order chi connectivity index (χ0) is 23.7. The second kappa shape index (κ2) is 11.1. The van der Waals surface area contributed by atoms with Gasteiger partial charge in [-0.15, -0.1) is 0 Å². The van der Waals surface area contributed by atoms with Gasteiger partial charge in [0.1, 0.15) is 5.75 Å². The van der Waals surface area contributed by atoms with Crippen LogP contribution in [-0.2, 0) is 11.3 Å². The van der Waals surface area contributed by atoms with Crippen molar-refractivity contribution in [3.8, 4) is 5.75 Å². The third-order valence-corrected chi connectivity index (χ3v) is 4.02. The lowest BCUT2D eigenvalue weighted by molar-refractivity contribution is -0.385. The van der Waals surface area contributed by atoms with Gasteiger partial charge < -0.3 is 20.7 Å². The Morgan fingerprint density at radius 2 is 1.78 bits per heavy atom. The second-order valence-corrected chi connectivity index (χ2v) is 8.52. The molecule has 172 valence electrons. The number of benzene rings is 2. The Morgan fingerprint density at radius 3 is 2.38 bits per heavy atom. The summed E-state index contributed by atoms with van der Waals surface area (Å²) in [5.41, 5.74) is 0.834. The summed E-state index contributed by atoms with van der Waals surface area (Å²) in [7, 11) is 0. The molecule has 2 aromatic carbocycles. The van der Waals surface area contributed by atoms with Gasteiger partial charge in [-0.2, -0.15) is 0 Å². The Bertz CT molecular complexity index is 950. The number of amides is 1. The third-order valence-electron chi connectivity index (χ3n) is 4.02. The molecule has 0 aliphatic carbocycles. The van der Waals surface area contributed by atoms with Crippen LogP contribution in [0.25, 0.3) is 0 Å². The summed E-state index contributed by atoms with van der Waals surface area (Å²) in [5, 5.41) is 20.3. The molecular formula is C23H31N5O4. The standard InChI is InChI=1S/C23H31N5O4/c1-16(2)32-19-12-10-18(11-13-19)26-22(25-15-21(29)27-23(3,4)5)24-14-17-8-6-7-9-20(17)28(30)31/h6-13,16H,14-15H2,1-5H3,(H,27,29)(H2,24,25,26). The van der Waals surface area contributed by atoms with E-state index in [1.807, 2.05) is 58.9 Å². The van der Waals surface area contributed by atoms with Crippen LogP contribution >= 0.6 is 0 Å². The number of nitrogens with zero attached hydrogens (tertiary/aromatic N) is 2. The van der Waals surface area contributed by atoms with Crippen LogP contribution in [0.15, 0.2) is 53.5 Å². The van der Waals surface area contributed by atoms with Crippen LogP contribution in [0.5, 0.6) is 5.75 Å². The van der Waals surface area contributed by atoms with E-state index in [0.717, 1.165) is 11.4 Å². The van der Waals surface area contributed by atoms with E-state index in [1.165, 1.54) is 6.07 Å². The van der Waals surface area contributed by atoms with E-state index in [4.69, 9.17) is 4.74 Å². The highest BCUT2D eigenvalue weighted by atomic mass is 16.6. The van der Waals surface area contributed by atoms with Gasteiger partial charge in [0.05, 0.1) is 29.7 Å². The molecule has 9 nitrogen and oxygen atoms in total. The maximum atomic E-state index is 12.2. The van der Waals surface area contributed by atoms with Crippen molar-refractivity contribution in [1.29, 1.82) is 0 Å². The first-order chi connectivity index (χ1) is 15.0. The van der Waals surface area contributed by atoms with Crippen molar-refractivity contribution in [3.63, 3.8) is 0 Å². The van der Waals surface area contributed by atoms with Gasteiger partial charge in [-0.05, 0) is 58.9 Å². The normalized spacial score (nSPS) is 11.8. The average molecular weight is 442 g/mol. The van der Waals surface area contributed by atoms with E-state index < -0.39 is 4.92 Å². The van der Waals surface area contributed by atoms with E-state index >= 15 is 0 Å². The van der Waals surface area contributed by atoms with E-state index in [0.29, 0.717) is 11.5 Å². The molecule has 0 saturated heterocycles. The number of guanidine groups is 1. The molecule has 2 rings (SSSR count). The number of nitro benzene ring substituents is 1. The van der Waals surface area contributed by atoms with Crippen molar-refractivity contribution >= 4 is 23.2 Å². The fraction of sp³-hybridized carbons (Fsp3) is 0.391. The Labute approximate surface area is 188 Å². The maximum Gasteiger partial charge on any atom is 0.274 e. The number of hydrogen-bond acceptors (Lipinski definition) is 5. The number of hydrogen-bond donors (Lipinski definition) is 3. The lowest BCUT2D eigenvalue weighted by Crippen LogP contribution is -2.46. The molecule has 32 heavy (non-hydrogen) atoms. The summed E-state index contributed by atoms with van der Waals surface area (Å²) in [6, 6.07) is 13.7. The Hall–Kier alpha value is -3.62. The smallest absolute Gasteiger partial charge is 0.274 e. The van der Waals surface area contributed by atoms with Gasteiger partial charge in [0.25, 0.3) is 5.69 Å². The highest BCUT2D eigenvalue weighted by molar-refractivity contribution is 5.96. The molecular weight excluding hydrogens is 410 g/mol. The van der Waals surface area contributed by atoms with E-state index in [9.17, 15) is 14.9 Å². The Kier molecular flexibility index (Phi) is 8.57. The average Bonchev–Trinajstić information content (AvgIpc) is 2.70. The minimum absolute atomic E-state index is 0.00346. The van der Waals surface area contributed by atoms with E-state index in [2.05, 4.69) is 20.9 Å². The lowest BCUT2D eigenvalue weighted by atomic mass is 10.1. The monoisotopic (exact) mass is 441 g/mol. The summed E-state index contributed by atoms with van der Waals surface area (Å²) >= 11 is 0. The van der Waals surface area contributed by atoms with E-state index in [1.54, 1.807) is 18.2 Å². The first-order valence-electron chi connectivity index (χ1n) is 10.4. The minimum Gasteiger partial charge on any atom is -0.491 e. The second-order valence-electron chi connectivity index (χ2n) is 8.52. The number of carbonyl (C=O) groups excluding carboxylic acids is 1. The molecule has 0 aromatic heterocycles. The fourth-order valence-corrected chi connectivity index (χ4v) is 2.78. The lowest BCUT2D eigenvalue weighted by Gasteiger charge is -2.21. The minimum atomic E-state index is -0.435. The summed E-state index contributed by atoms with van der Waals surface area (Å²) in [4.78, 5) is 27.5. The molecule has 0 spiro atoms. The quantitative estimate of drug-likeness (QED) is 0.248. The van der Waals surface area contributed by atoms with Gasteiger partial charge >= 0.3 is 0 Å². The fourth-order valence-electron chi connectivity index (χ4n) is 2.78. The molecule has 0 atom stereocenters. The molecule has 0 heterocycles. The molecule has 0 saturated carbocycles. The van der Waals surface area contributed by atoms with Crippen LogP contribution < -0.4 is 20.7 Å². The highest BCUT2D eigenvalue weighted by Gasteiger charge is 2.15. The van der Waals surface area contributed by atoms with Crippen molar-refractivity contribution < 1.29 is 14.5 Å². The number of carbonyl (C=O) groups is 1. The van der Waals surface area contributed by atoms with Crippen LogP contribution in [-0.4, -0.2) is 35.0 Å². The SMILES string of the molecule is CC(C)Oc1ccc(NC(=NCc2ccccc2[N+](=O)[O-])NCC(=O)NC(C)(C)C)cc1. The van der Waals surface area contributed by atoms with Gasteiger partial charge in [-0.25, -0.2) is 4.99 Å². The molecule has 0 aliphatic rings. The predicted octanol–water partition coefficient (Wildman–Crippen LogP) is 3.85. The molecule has 3 N–H and O–H groups in total. The Balaban J connectivity index is 2.18. The largest absolute Gasteiger partial charge is 0.491 e. The van der Waals surface area contributed by atoms with Gasteiger partial charge in [0.2, 0.25) is 5.91 Å². The van der Waals surface area contributed by atoms with Crippen molar-refractivity contribution in [3.05, 3.63) is 64.2 Å². The van der Waals surface area contributed by atoms with Crippen LogP contribution in [0.2, 0.25) is 0 Å². The summed E-state index contributed by atoms with van der Waals surface area (Å²) < 4.78 is 5.65. The number of nitro groups is 1. The number of ether oxygens (including phenoxy) is 1. The summed E-state index contributed by atoms with van der Waals surface area (Å²) in [6.07, 6.45) is 0.0654. The number of rotatable bonds is 8. The van der Waals surface area contributed by atoms with Crippen LogP contribution in [0.1, 0.15) is 40.2 Å². The van der Waals surface area contributed by atoms with Crippen molar-refractivity contribution in [2.24, 2.45) is 4.99 Å². The summed E-state index contributed by atoms with van der Waals surface area (Å²) in [6.45, 7) is 9.66. The van der Waals surface area contributed by atoms with Crippen molar-refractivity contribution in [2.45, 2.75) is 52.8 Å². The van der Waals surface area contributed by atoms with Crippen LogP contribution in [0, 0.1) is 10.1 Å². The van der Waals surface area contributed by atoms with E-state index in [-0.39, 0.29) is 36.3 Å². The molecule has 2 aromatic rings. The molecule has 1 amide bonds. The maximum absolute atomic E-state index is 12.2. The predicted molar refractivity (Wildman–Crippen MR) is 126 cm³/mol.